The smallest absolute Gasteiger partial charge is 0.309 e. The fraction of sp³-hybridized carbons (Fsp3) is 0.920. The lowest BCUT2D eigenvalue weighted by molar-refractivity contribution is -0.155. The zero-order valence-electron chi connectivity index (χ0n) is 37.1. The van der Waals surface area contributed by atoms with Crippen LogP contribution in [0, 0.1) is 5.92 Å². The van der Waals surface area contributed by atoms with E-state index in [0.717, 1.165) is 51.4 Å². The van der Waals surface area contributed by atoms with E-state index < -0.39 is 0 Å². The Morgan fingerprint density at radius 3 is 1.04 bits per heavy atom. The number of esters is 2. The standard InChI is InChI=1S/C50H96O4/c1-4-7-10-13-16-19-22-23-24-25-26-27-28-29-32-35-38-41-44-48(50(52)54-46-43-40-37-34-31-21-18-15-12-9-6-3)47-49(51)53-45-42-39-36-33-30-20-17-14-11-8-5-2/h28-29,48H,4-27,30-47H2,1-3H3/b29-28+. The number of rotatable bonds is 45. The maximum atomic E-state index is 13.1. The minimum absolute atomic E-state index is 0.161. The second-order valence-corrected chi connectivity index (χ2v) is 16.8. The van der Waals surface area contributed by atoms with Crippen molar-refractivity contribution in [2.75, 3.05) is 13.2 Å². The quantitative estimate of drug-likeness (QED) is 0.0352. The lowest BCUT2D eigenvalue weighted by Gasteiger charge is -2.16. The summed E-state index contributed by atoms with van der Waals surface area (Å²) in [6.45, 7) is 7.78. The van der Waals surface area contributed by atoms with Gasteiger partial charge in [-0.2, -0.15) is 0 Å². The minimum Gasteiger partial charge on any atom is -0.466 e. The fourth-order valence-electron chi connectivity index (χ4n) is 7.56. The van der Waals surface area contributed by atoms with Gasteiger partial charge in [-0.15, -0.1) is 0 Å². The summed E-state index contributed by atoms with van der Waals surface area (Å²) in [4.78, 5) is 25.9. The highest BCUT2D eigenvalue weighted by Crippen LogP contribution is 2.19. The van der Waals surface area contributed by atoms with Crippen molar-refractivity contribution in [3.05, 3.63) is 12.2 Å². The topological polar surface area (TPSA) is 52.6 Å². The number of hydrogen-bond acceptors (Lipinski definition) is 4. The van der Waals surface area contributed by atoms with Crippen molar-refractivity contribution in [1.82, 2.24) is 0 Å². The van der Waals surface area contributed by atoms with Gasteiger partial charge in [0, 0.05) is 0 Å². The highest BCUT2D eigenvalue weighted by atomic mass is 16.5. The van der Waals surface area contributed by atoms with Gasteiger partial charge in [0.2, 0.25) is 0 Å². The number of ether oxygens (including phenoxy) is 2. The van der Waals surface area contributed by atoms with Crippen LogP contribution in [-0.2, 0) is 19.1 Å². The molecule has 0 spiro atoms. The maximum absolute atomic E-state index is 13.1. The molecule has 0 rings (SSSR count). The summed E-state index contributed by atoms with van der Waals surface area (Å²) in [6.07, 6.45) is 54.5. The predicted molar refractivity (Wildman–Crippen MR) is 236 cm³/mol. The molecule has 0 N–H and O–H groups in total. The molecule has 0 aliphatic carbocycles. The van der Waals surface area contributed by atoms with E-state index in [1.807, 2.05) is 0 Å². The summed E-state index contributed by atoms with van der Waals surface area (Å²) < 4.78 is 11.3. The molecule has 4 heteroatoms. The molecule has 4 nitrogen and oxygen atoms in total. The lowest BCUT2D eigenvalue weighted by Crippen LogP contribution is -2.23. The Kier molecular flexibility index (Phi) is 44.9. The zero-order valence-corrected chi connectivity index (χ0v) is 37.1. The molecule has 54 heavy (non-hydrogen) atoms. The van der Waals surface area contributed by atoms with Crippen LogP contribution in [0.15, 0.2) is 12.2 Å². The average Bonchev–Trinajstić information content (AvgIpc) is 3.17. The van der Waals surface area contributed by atoms with Crippen LogP contribution in [0.5, 0.6) is 0 Å². The van der Waals surface area contributed by atoms with Gasteiger partial charge in [-0.1, -0.05) is 238 Å². The average molecular weight is 761 g/mol. The van der Waals surface area contributed by atoms with Crippen molar-refractivity contribution in [2.45, 2.75) is 278 Å². The Morgan fingerprint density at radius 2 is 0.667 bits per heavy atom. The molecule has 0 saturated carbocycles. The van der Waals surface area contributed by atoms with Gasteiger partial charge < -0.3 is 9.47 Å². The molecule has 0 aliphatic heterocycles. The van der Waals surface area contributed by atoms with Crippen molar-refractivity contribution in [3.8, 4) is 0 Å². The molecule has 0 amide bonds. The highest BCUT2D eigenvalue weighted by Gasteiger charge is 2.24. The van der Waals surface area contributed by atoms with E-state index in [4.69, 9.17) is 9.47 Å². The monoisotopic (exact) mass is 761 g/mol. The first kappa shape index (κ1) is 52.7. The lowest BCUT2D eigenvalue weighted by atomic mass is 9.97. The minimum atomic E-state index is -0.376. The van der Waals surface area contributed by atoms with E-state index in [2.05, 4.69) is 32.9 Å². The molecule has 320 valence electrons. The summed E-state index contributed by atoms with van der Waals surface area (Å²) >= 11 is 0. The molecule has 0 aromatic carbocycles. The second kappa shape index (κ2) is 46.1. The Labute approximate surface area is 338 Å². The highest BCUT2D eigenvalue weighted by molar-refractivity contribution is 5.79. The normalized spacial score (nSPS) is 12.1. The predicted octanol–water partition coefficient (Wildman–Crippen LogP) is 16.9. The van der Waals surface area contributed by atoms with E-state index in [-0.39, 0.29) is 24.3 Å². The van der Waals surface area contributed by atoms with Crippen LogP contribution in [0.25, 0.3) is 0 Å². The van der Waals surface area contributed by atoms with E-state index >= 15 is 0 Å². The van der Waals surface area contributed by atoms with Gasteiger partial charge in [-0.25, -0.2) is 0 Å². The molecular formula is C50H96O4. The molecule has 0 aromatic heterocycles. The summed E-state index contributed by atoms with van der Waals surface area (Å²) in [5, 5.41) is 0. The summed E-state index contributed by atoms with van der Waals surface area (Å²) in [5.41, 5.74) is 0. The molecule has 0 aromatic rings. The van der Waals surface area contributed by atoms with E-state index in [1.54, 1.807) is 0 Å². The molecular weight excluding hydrogens is 665 g/mol. The third-order valence-corrected chi connectivity index (χ3v) is 11.3. The molecule has 0 heterocycles. The number of carbonyl (C=O) groups is 2. The Balaban J connectivity index is 4.23. The molecule has 0 fully saturated rings. The van der Waals surface area contributed by atoms with Gasteiger partial charge in [0.05, 0.1) is 25.6 Å². The SMILES string of the molecule is CCCCCCCCCCCCC/C=C/CCCCCC(CC(=O)OCCCCCCCCCCCCC)C(=O)OCCCCCCCCCCCCC. The molecule has 0 radical (unpaired) electrons. The van der Waals surface area contributed by atoms with Crippen molar-refractivity contribution >= 4 is 11.9 Å². The van der Waals surface area contributed by atoms with Crippen LogP contribution in [0.1, 0.15) is 278 Å². The fourth-order valence-corrected chi connectivity index (χ4v) is 7.56. The van der Waals surface area contributed by atoms with Crippen LogP contribution in [0.4, 0.5) is 0 Å². The summed E-state index contributed by atoms with van der Waals surface area (Å²) in [6, 6.07) is 0. The first-order valence-electron chi connectivity index (χ1n) is 24.6. The molecule has 0 aliphatic rings. The Morgan fingerprint density at radius 1 is 0.370 bits per heavy atom. The van der Waals surface area contributed by atoms with Crippen molar-refractivity contribution < 1.29 is 19.1 Å². The van der Waals surface area contributed by atoms with Gasteiger partial charge in [-0.05, 0) is 44.9 Å². The second-order valence-electron chi connectivity index (χ2n) is 16.8. The van der Waals surface area contributed by atoms with Crippen molar-refractivity contribution in [1.29, 1.82) is 0 Å². The van der Waals surface area contributed by atoms with Crippen LogP contribution >= 0.6 is 0 Å². The zero-order chi connectivity index (χ0) is 39.3. The van der Waals surface area contributed by atoms with Crippen molar-refractivity contribution in [3.63, 3.8) is 0 Å². The van der Waals surface area contributed by atoms with E-state index in [1.165, 1.54) is 193 Å². The Hall–Kier alpha value is -1.32. The number of allylic oxidation sites excluding steroid dienone is 2. The Bertz CT molecular complexity index is 777. The summed E-state index contributed by atoms with van der Waals surface area (Å²) in [7, 11) is 0. The van der Waals surface area contributed by atoms with Gasteiger partial charge in [0.25, 0.3) is 0 Å². The van der Waals surface area contributed by atoms with Gasteiger partial charge in [-0.3, -0.25) is 9.59 Å². The summed E-state index contributed by atoms with van der Waals surface area (Å²) in [5.74, 6) is -0.802. The van der Waals surface area contributed by atoms with Crippen LogP contribution in [-0.4, -0.2) is 25.2 Å². The molecule has 0 bridgehead atoms. The van der Waals surface area contributed by atoms with Gasteiger partial charge in [0.15, 0.2) is 0 Å². The van der Waals surface area contributed by atoms with Crippen molar-refractivity contribution in [2.24, 2.45) is 5.92 Å². The number of hydrogen-bond donors (Lipinski definition) is 0. The van der Waals surface area contributed by atoms with Gasteiger partial charge >= 0.3 is 11.9 Å². The van der Waals surface area contributed by atoms with E-state index in [9.17, 15) is 9.59 Å². The van der Waals surface area contributed by atoms with Gasteiger partial charge in [0.1, 0.15) is 0 Å². The number of unbranched alkanes of at least 4 members (excludes halogenated alkanes) is 34. The maximum Gasteiger partial charge on any atom is 0.309 e. The molecule has 1 atom stereocenters. The van der Waals surface area contributed by atoms with Crippen LogP contribution in [0.3, 0.4) is 0 Å². The third-order valence-electron chi connectivity index (χ3n) is 11.3. The van der Waals surface area contributed by atoms with Crippen LogP contribution < -0.4 is 0 Å². The first-order chi connectivity index (χ1) is 26.7. The number of carbonyl (C=O) groups excluding carboxylic acids is 2. The molecule has 0 saturated heterocycles. The van der Waals surface area contributed by atoms with Crippen LogP contribution in [0.2, 0.25) is 0 Å². The third kappa shape index (κ3) is 41.8. The molecule has 1 unspecified atom stereocenters. The van der Waals surface area contributed by atoms with E-state index in [0.29, 0.717) is 19.6 Å². The largest absolute Gasteiger partial charge is 0.466 e. The first-order valence-corrected chi connectivity index (χ1v) is 24.6.